The molecule has 0 aromatic heterocycles. The molecule has 2 aromatic rings. The summed E-state index contributed by atoms with van der Waals surface area (Å²) >= 11 is 0. The van der Waals surface area contributed by atoms with Crippen LogP contribution in [0, 0.1) is 0 Å². The summed E-state index contributed by atoms with van der Waals surface area (Å²) in [6.45, 7) is 3.02. The predicted octanol–water partition coefficient (Wildman–Crippen LogP) is 3.02. The van der Waals surface area contributed by atoms with Gasteiger partial charge in [0.25, 0.3) is 5.91 Å². The molecular weight excluding hydrogens is 312 g/mol. The minimum Gasteiger partial charge on any atom is -0.349 e. The molecule has 2 amide bonds. The van der Waals surface area contributed by atoms with E-state index < -0.39 is 0 Å². The normalized spacial score (nSPS) is 15.0. The molecular formula is C21H24N2O2. The summed E-state index contributed by atoms with van der Waals surface area (Å²) < 4.78 is 0. The Labute approximate surface area is 148 Å². The molecule has 4 heteroatoms. The first-order chi connectivity index (χ1) is 12.1. The molecule has 25 heavy (non-hydrogen) atoms. The molecule has 3 rings (SSSR count). The zero-order chi connectivity index (χ0) is 17.6. The zero-order valence-corrected chi connectivity index (χ0v) is 14.6. The van der Waals surface area contributed by atoms with Crippen LogP contribution in [-0.2, 0) is 11.2 Å². The molecule has 0 spiro atoms. The van der Waals surface area contributed by atoms with Crippen LogP contribution in [0.5, 0.6) is 0 Å². The second kappa shape index (κ2) is 7.97. The monoisotopic (exact) mass is 336 g/mol. The standard InChI is InChI=1S/C21H24N2O2/c1-16(24)23-13-11-19(12-14-23)22-21(25)20-10-6-5-9-18(20)15-17-7-3-2-4-8-17/h2-10,19H,11-15H2,1H3,(H,22,25). The third-order valence-electron chi connectivity index (χ3n) is 4.77. The van der Waals surface area contributed by atoms with Gasteiger partial charge in [-0.1, -0.05) is 48.5 Å². The maximum absolute atomic E-state index is 12.7. The van der Waals surface area contributed by atoms with Gasteiger partial charge in [0, 0.05) is 31.6 Å². The van der Waals surface area contributed by atoms with Crippen molar-refractivity contribution < 1.29 is 9.59 Å². The van der Waals surface area contributed by atoms with Crippen molar-refractivity contribution in [2.75, 3.05) is 13.1 Å². The molecule has 1 aliphatic heterocycles. The van der Waals surface area contributed by atoms with Gasteiger partial charge in [0.1, 0.15) is 0 Å². The van der Waals surface area contributed by atoms with E-state index in [1.807, 2.05) is 47.4 Å². The second-order valence-electron chi connectivity index (χ2n) is 6.57. The van der Waals surface area contributed by atoms with E-state index in [0.29, 0.717) is 13.1 Å². The molecule has 1 heterocycles. The van der Waals surface area contributed by atoms with E-state index in [0.717, 1.165) is 30.4 Å². The second-order valence-corrected chi connectivity index (χ2v) is 6.57. The Morgan fingerprint density at radius 1 is 1.00 bits per heavy atom. The first kappa shape index (κ1) is 17.2. The highest BCUT2D eigenvalue weighted by molar-refractivity contribution is 5.96. The van der Waals surface area contributed by atoms with Gasteiger partial charge in [0.2, 0.25) is 5.91 Å². The quantitative estimate of drug-likeness (QED) is 0.933. The van der Waals surface area contributed by atoms with Gasteiger partial charge in [0.15, 0.2) is 0 Å². The van der Waals surface area contributed by atoms with E-state index in [1.54, 1.807) is 6.92 Å². The molecule has 0 aliphatic carbocycles. The number of nitrogens with zero attached hydrogens (tertiary/aromatic N) is 1. The lowest BCUT2D eigenvalue weighted by Crippen LogP contribution is -2.46. The van der Waals surface area contributed by atoms with Crippen LogP contribution in [0.1, 0.15) is 41.3 Å². The first-order valence-corrected chi connectivity index (χ1v) is 8.81. The minimum atomic E-state index is -0.0205. The van der Waals surface area contributed by atoms with E-state index in [-0.39, 0.29) is 17.9 Å². The number of hydrogen-bond acceptors (Lipinski definition) is 2. The van der Waals surface area contributed by atoms with Crippen molar-refractivity contribution in [3.05, 3.63) is 71.3 Å². The van der Waals surface area contributed by atoms with Crippen molar-refractivity contribution >= 4 is 11.8 Å². The van der Waals surface area contributed by atoms with E-state index >= 15 is 0 Å². The third kappa shape index (κ3) is 4.47. The van der Waals surface area contributed by atoms with E-state index in [9.17, 15) is 9.59 Å². The number of likely N-dealkylation sites (tertiary alicyclic amines) is 1. The smallest absolute Gasteiger partial charge is 0.251 e. The number of piperidine rings is 1. The SMILES string of the molecule is CC(=O)N1CCC(NC(=O)c2ccccc2Cc2ccccc2)CC1. The van der Waals surface area contributed by atoms with Crippen molar-refractivity contribution in [1.82, 2.24) is 10.2 Å². The lowest BCUT2D eigenvalue weighted by molar-refractivity contribution is -0.129. The van der Waals surface area contributed by atoms with Crippen LogP contribution in [0.3, 0.4) is 0 Å². The Kier molecular flexibility index (Phi) is 5.49. The Morgan fingerprint density at radius 3 is 2.32 bits per heavy atom. The van der Waals surface area contributed by atoms with Gasteiger partial charge in [-0.05, 0) is 36.5 Å². The van der Waals surface area contributed by atoms with Crippen LogP contribution in [0.2, 0.25) is 0 Å². The number of carbonyl (C=O) groups excluding carboxylic acids is 2. The van der Waals surface area contributed by atoms with Gasteiger partial charge in [0.05, 0.1) is 0 Å². The first-order valence-electron chi connectivity index (χ1n) is 8.81. The van der Waals surface area contributed by atoms with Crippen molar-refractivity contribution in [3.63, 3.8) is 0 Å². The molecule has 2 aromatic carbocycles. The van der Waals surface area contributed by atoms with Gasteiger partial charge in [-0.3, -0.25) is 9.59 Å². The molecule has 4 nitrogen and oxygen atoms in total. The Balaban J connectivity index is 1.66. The lowest BCUT2D eigenvalue weighted by Gasteiger charge is -2.31. The van der Waals surface area contributed by atoms with Crippen molar-refractivity contribution in [2.45, 2.75) is 32.2 Å². The third-order valence-corrected chi connectivity index (χ3v) is 4.77. The lowest BCUT2D eigenvalue weighted by atomic mass is 9.98. The summed E-state index contributed by atoms with van der Waals surface area (Å²) in [7, 11) is 0. The molecule has 0 unspecified atom stereocenters. The van der Waals surface area contributed by atoms with Crippen molar-refractivity contribution in [3.8, 4) is 0 Å². The summed E-state index contributed by atoms with van der Waals surface area (Å²) in [6.07, 6.45) is 2.37. The number of carbonyl (C=O) groups is 2. The Morgan fingerprint density at radius 2 is 1.64 bits per heavy atom. The van der Waals surface area contributed by atoms with Gasteiger partial charge < -0.3 is 10.2 Å². The van der Waals surface area contributed by atoms with E-state index in [1.165, 1.54) is 5.56 Å². The van der Waals surface area contributed by atoms with Crippen LogP contribution >= 0.6 is 0 Å². The topological polar surface area (TPSA) is 49.4 Å². The molecule has 0 saturated carbocycles. The number of hydrogen-bond donors (Lipinski definition) is 1. The van der Waals surface area contributed by atoms with Crippen LogP contribution in [0.4, 0.5) is 0 Å². The predicted molar refractivity (Wildman–Crippen MR) is 98.4 cm³/mol. The average molecular weight is 336 g/mol. The maximum atomic E-state index is 12.7. The fraction of sp³-hybridized carbons (Fsp3) is 0.333. The maximum Gasteiger partial charge on any atom is 0.251 e. The highest BCUT2D eigenvalue weighted by Crippen LogP contribution is 2.16. The van der Waals surface area contributed by atoms with Crippen molar-refractivity contribution in [2.24, 2.45) is 0 Å². The molecule has 1 N–H and O–H groups in total. The molecule has 1 aliphatic rings. The highest BCUT2D eigenvalue weighted by atomic mass is 16.2. The van der Waals surface area contributed by atoms with E-state index in [4.69, 9.17) is 0 Å². The summed E-state index contributed by atoms with van der Waals surface area (Å²) in [5.41, 5.74) is 2.96. The zero-order valence-electron chi connectivity index (χ0n) is 14.6. The number of nitrogens with one attached hydrogen (secondary N) is 1. The summed E-state index contributed by atoms with van der Waals surface area (Å²) in [5, 5.41) is 3.14. The minimum absolute atomic E-state index is 0.0205. The number of benzene rings is 2. The van der Waals surface area contributed by atoms with Crippen LogP contribution in [0.15, 0.2) is 54.6 Å². The van der Waals surface area contributed by atoms with Gasteiger partial charge >= 0.3 is 0 Å². The van der Waals surface area contributed by atoms with Crippen molar-refractivity contribution in [1.29, 1.82) is 0 Å². The van der Waals surface area contributed by atoms with Gasteiger partial charge in [-0.2, -0.15) is 0 Å². The Bertz CT molecular complexity index is 735. The molecule has 0 atom stereocenters. The summed E-state index contributed by atoms with van der Waals surface area (Å²) in [5.74, 6) is 0.0887. The molecule has 0 bridgehead atoms. The van der Waals surface area contributed by atoms with Crippen LogP contribution < -0.4 is 5.32 Å². The van der Waals surface area contributed by atoms with Crippen LogP contribution in [0.25, 0.3) is 0 Å². The number of amides is 2. The summed E-state index contributed by atoms with van der Waals surface area (Å²) in [6, 6.07) is 18.1. The molecule has 1 fully saturated rings. The molecule has 1 saturated heterocycles. The van der Waals surface area contributed by atoms with E-state index in [2.05, 4.69) is 17.4 Å². The largest absolute Gasteiger partial charge is 0.349 e. The Hall–Kier alpha value is -2.62. The molecule has 0 radical (unpaired) electrons. The average Bonchev–Trinajstić information content (AvgIpc) is 2.63. The summed E-state index contributed by atoms with van der Waals surface area (Å²) in [4.78, 5) is 26.0. The van der Waals surface area contributed by atoms with Gasteiger partial charge in [-0.25, -0.2) is 0 Å². The highest BCUT2D eigenvalue weighted by Gasteiger charge is 2.23. The van der Waals surface area contributed by atoms with Gasteiger partial charge in [-0.15, -0.1) is 0 Å². The van der Waals surface area contributed by atoms with Crippen LogP contribution in [-0.4, -0.2) is 35.8 Å². The number of rotatable bonds is 4. The fourth-order valence-electron chi connectivity index (χ4n) is 3.31. The fourth-order valence-corrected chi connectivity index (χ4v) is 3.31. The molecule has 130 valence electrons.